The van der Waals surface area contributed by atoms with Gasteiger partial charge in [-0.05, 0) is 37.1 Å². The molecular formula is C17H27N3O4S. The molecule has 0 aromatic heterocycles. The van der Waals surface area contributed by atoms with Gasteiger partial charge in [-0.15, -0.1) is 0 Å². The molecule has 0 radical (unpaired) electrons. The van der Waals surface area contributed by atoms with Crippen LogP contribution in [-0.2, 0) is 10.0 Å². The summed E-state index contributed by atoms with van der Waals surface area (Å²) in [7, 11) is -0.452. The van der Waals surface area contributed by atoms with Crippen molar-refractivity contribution < 1.29 is 17.9 Å². The van der Waals surface area contributed by atoms with Crippen LogP contribution in [0.5, 0.6) is 5.75 Å². The van der Waals surface area contributed by atoms with Gasteiger partial charge in [-0.2, -0.15) is 0 Å². The van der Waals surface area contributed by atoms with Crippen molar-refractivity contribution >= 4 is 16.1 Å². The molecule has 0 aliphatic heterocycles. The summed E-state index contributed by atoms with van der Waals surface area (Å²) in [5.41, 5.74) is 0. The van der Waals surface area contributed by atoms with Crippen molar-refractivity contribution in [1.82, 2.24) is 14.9 Å². The SMILES string of the molecule is CN(C)S(=O)(=O)c1ccc(OCCNC(=O)NC2CCCCC2)cc1. The highest BCUT2D eigenvalue weighted by molar-refractivity contribution is 7.89. The zero-order chi connectivity index (χ0) is 18.3. The minimum Gasteiger partial charge on any atom is -0.492 e. The lowest BCUT2D eigenvalue weighted by molar-refractivity contribution is 0.228. The van der Waals surface area contributed by atoms with Gasteiger partial charge in [0.25, 0.3) is 0 Å². The van der Waals surface area contributed by atoms with Gasteiger partial charge < -0.3 is 15.4 Å². The Balaban J connectivity index is 1.70. The Hall–Kier alpha value is -1.80. The Kier molecular flexibility index (Phi) is 7.07. The van der Waals surface area contributed by atoms with Gasteiger partial charge >= 0.3 is 6.03 Å². The minimum atomic E-state index is -3.43. The summed E-state index contributed by atoms with van der Waals surface area (Å²) < 4.78 is 30.6. The molecule has 0 spiro atoms. The fraction of sp³-hybridized carbons (Fsp3) is 0.588. The van der Waals surface area contributed by atoms with E-state index in [4.69, 9.17) is 4.74 Å². The summed E-state index contributed by atoms with van der Waals surface area (Å²) in [6, 6.07) is 6.35. The molecule has 0 atom stereocenters. The number of ether oxygens (including phenoxy) is 1. The monoisotopic (exact) mass is 369 g/mol. The molecule has 8 heteroatoms. The molecule has 1 aromatic rings. The maximum Gasteiger partial charge on any atom is 0.315 e. The quantitative estimate of drug-likeness (QED) is 0.719. The second-order valence-corrected chi connectivity index (χ2v) is 8.49. The van der Waals surface area contributed by atoms with Gasteiger partial charge in [0.1, 0.15) is 12.4 Å². The van der Waals surface area contributed by atoms with Crippen LogP contribution < -0.4 is 15.4 Å². The Morgan fingerprint density at radius 2 is 1.80 bits per heavy atom. The lowest BCUT2D eigenvalue weighted by Crippen LogP contribution is -2.44. The summed E-state index contributed by atoms with van der Waals surface area (Å²) in [6.45, 7) is 0.703. The molecule has 2 amide bonds. The number of carbonyl (C=O) groups is 1. The van der Waals surface area contributed by atoms with Gasteiger partial charge in [0.05, 0.1) is 11.4 Å². The second kappa shape index (κ2) is 9.05. The molecule has 0 bridgehead atoms. The van der Waals surface area contributed by atoms with Gasteiger partial charge in [-0.3, -0.25) is 0 Å². The lowest BCUT2D eigenvalue weighted by Gasteiger charge is -2.22. The fourth-order valence-corrected chi connectivity index (χ4v) is 3.64. The summed E-state index contributed by atoms with van der Waals surface area (Å²) in [5.74, 6) is 0.562. The Labute approximate surface area is 149 Å². The van der Waals surface area contributed by atoms with Gasteiger partial charge in [0.2, 0.25) is 10.0 Å². The Morgan fingerprint density at radius 1 is 1.16 bits per heavy atom. The van der Waals surface area contributed by atoms with Crippen molar-refractivity contribution in [3.63, 3.8) is 0 Å². The molecule has 1 aromatic carbocycles. The van der Waals surface area contributed by atoms with Crippen molar-refractivity contribution in [2.24, 2.45) is 0 Å². The summed E-state index contributed by atoms with van der Waals surface area (Å²) in [6.07, 6.45) is 5.70. The summed E-state index contributed by atoms with van der Waals surface area (Å²) in [4.78, 5) is 12.0. The number of rotatable bonds is 7. The maximum atomic E-state index is 12.0. The molecule has 1 aliphatic carbocycles. The highest BCUT2D eigenvalue weighted by Crippen LogP contribution is 2.18. The van der Waals surface area contributed by atoms with E-state index in [1.54, 1.807) is 12.1 Å². The molecule has 140 valence electrons. The average Bonchev–Trinajstić information content (AvgIpc) is 2.60. The predicted molar refractivity (Wildman–Crippen MR) is 96.2 cm³/mol. The van der Waals surface area contributed by atoms with Crippen LogP contribution in [0, 0.1) is 0 Å². The van der Waals surface area contributed by atoms with E-state index >= 15 is 0 Å². The Morgan fingerprint density at radius 3 is 2.40 bits per heavy atom. The van der Waals surface area contributed by atoms with E-state index in [9.17, 15) is 13.2 Å². The maximum absolute atomic E-state index is 12.0. The molecule has 1 fully saturated rings. The first-order valence-electron chi connectivity index (χ1n) is 8.59. The standard InChI is InChI=1S/C17H27N3O4S/c1-20(2)25(22,23)16-10-8-15(9-11-16)24-13-12-18-17(21)19-14-6-4-3-5-7-14/h8-11,14H,3-7,12-13H2,1-2H3,(H2,18,19,21). The van der Waals surface area contributed by atoms with Crippen LogP contribution in [0.4, 0.5) is 4.79 Å². The number of nitrogens with zero attached hydrogens (tertiary/aromatic N) is 1. The van der Waals surface area contributed by atoms with Crippen LogP contribution in [0.3, 0.4) is 0 Å². The zero-order valence-corrected chi connectivity index (χ0v) is 15.6. The van der Waals surface area contributed by atoms with E-state index in [1.165, 1.54) is 45.5 Å². The zero-order valence-electron chi connectivity index (χ0n) is 14.8. The van der Waals surface area contributed by atoms with Gasteiger partial charge in [0, 0.05) is 20.1 Å². The third-order valence-electron chi connectivity index (χ3n) is 4.20. The number of sulfonamides is 1. The van der Waals surface area contributed by atoms with Crippen LogP contribution in [0.1, 0.15) is 32.1 Å². The van der Waals surface area contributed by atoms with Crippen LogP contribution in [0.2, 0.25) is 0 Å². The van der Waals surface area contributed by atoms with E-state index in [0.29, 0.717) is 18.9 Å². The second-order valence-electron chi connectivity index (χ2n) is 6.34. The van der Waals surface area contributed by atoms with E-state index in [0.717, 1.165) is 17.1 Å². The van der Waals surface area contributed by atoms with E-state index in [1.807, 2.05) is 0 Å². The molecule has 2 N–H and O–H groups in total. The molecular weight excluding hydrogens is 342 g/mol. The summed E-state index contributed by atoms with van der Waals surface area (Å²) in [5, 5.41) is 5.75. The first kappa shape index (κ1) is 19.5. The summed E-state index contributed by atoms with van der Waals surface area (Å²) >= 11 is 0. The number of carbonyl (C=O) groups excluding carboxylic acids is 1. The largest absolute Gasteiger partial charge is 0.492 e. The lowest BCUT2D eigenvalue weighted by atomic mass is 9.96. The third kappa shape index (κ3) is 5.89. The molecule has 0 heterocycles. The third-order valence-corrected chi connectivity index (χ3v) is 6.03. The highest BCUT2D eigenvalue weighted by atomic mass is 32.2. The van der Waals surface area contributed by atoms with Gasteiger partial charge in [-0.1, -0.05) is 19.3 Å². The van der Waals surface area contributed by atoms with Crippen LogP contribution in [0.25, 0.3) is 0 Å². The van der Waals surface area contributed by atoms with Crippen LogP contribution in [0.15, 0.2) is 29.2 Å². The average molecular weight is 369 g/mol. The van der Waals surface area contributed by atoms with Crippen molar-refractivity contribution in [2.75, 3.05) is 27.2 Å². The molecule has 7 nitrogen and oxygen atoms in total. The fourth-order valence-electron chi connectivity index (χ4n) is 2.74. The van der Waals surface area contributed by atoms with Crippen molar-refractivity contribution in [3.05, 3.63) is 24.3 Å². The van der Waals surface area contributed by atoms with Crippen molar-refractivity contribution in [1.29, 1.82) is 0 Å². The van der Waals surface area contributed by atoms with Crippen molar-refractivity contribution in [2.45, 2.75) is 43.0 Å². The first-order valence-corrected chi connectivity index (χ1v) is 10.0. The predicted octanol–water partition coefficient (Wildman–Crippen LogP) is 1.95. The van der Waals surface area contributed by atoms with Gasteiger partial charge in [-0.25, -0.2) is 17.5 Å². The van der Waals surface area contributed by atoms with E-state index < -0.39 is 10.0 Å². The molecule has 0 saturated heterocycles. The highest BCUT2D eigenvalue weighted by Gasteiger charge is 2.17. The number of hydrogen-bond donors (Lipinski definition) is 2. The van der Waals surface area contributed by atoms with Crippen molar-refractivity contribution in [3.8, 4) is 5.75 Å². The molecule has 0 unspecified atom stereocenters. The number of urea groups is 1. The number of benzene rings is 1. The smallest absolute Gasteiger partial charge is 0.315 e. The number of amides is 2. The van der Waals surface area contributed by atoms with E-state index in [2.05, 4.69) is 10.6 Å². The Bertz CT molecular complexity index is 653. The molecule has 1 aliphatic rings. The topological polar surface area (TPSA) is 87.7 Å². The minimum absolute atomic E-state index is 0.164. The van der Waals surface area contributed by atoms with Crippen LogP contribution >= 0.6 is 0 Å². The molecule has 25 heavy (non-hydrogen) atoms. The number of hydrogen-bond acceptors (Lipinski definition) is 4. The van der Waals surface area contributed by atoms with Crippen LogP contribution in [-0.4, -0.2) is 52.0 Å². The normalized spacial score (nSPS) is 15.8. The molecule has 2 rings (SSSR count). The first-order chi connectivity index (χ1) is 11.9. The number of nitrogens with one attached hydrogen (secondary N) is 2. The molecule has 1 saturated carbocycles. The van der Waals surface area contributed by atoms with E-state index in [-0.39, 0.29) is 17.0 Å². The van der Waals surface area contributed by atoms with Gasteiger partial charge in [0.15, 0.2) is 0 Å².